The van der Waals surface area contributed by atoms with Crippen LogP contribution >= 0.6 is 0 Å². The van der Waals surface area contributed by atoms with Crippen LogP contribution < -0.4 is 4.90 Å². The Bertz CT molecular complexity index is 583. The zero-order chi connectivity index (χ0) is 14.8. The van der Waals surface area contributed by atoms with E-state index in [9.17, 15) is 17.1 Å². The van der Waals surface area contributed by atoms with Gasteiger partial charge in [0.2, 0.25) is 5.91 Å². The summed E-state index contributed by atoms with van der Waals surface area (Å²) < 4.78 is 34.7. The highest BCUT2D eigenvalue weighted by Gasteiger charge is 2.38. The van der Waals surface area contributed by atoms with Gasteiger partial charge in [0, 0.05) is 18.7 Å². The Morgan fingerprint density at radius 3 is 2.45 bits per heavy atom. The number of hydrogen-bond donors (Lipinski definition) is 0. The minimum atomic E-state index is -4.66. The van der Waals surface area contributed by atoms with Crippen LogP contribution in [0.15, 0.2) is 24.3 Å². The average molecular weight is 299 g/mol. The van der Waals surface area contributed by atoms with Crippen molar-refractivity contribution in [3.05, 3.63) is 29.8 Å². The van der Waals surface area contributed by atoms with Gasteiger partial charge in [0.1, 0.15) is 5.25 Å². The smallest absolute Gasteiger partial charge is 0.307 e. The second-order valence-electron chi connectivity index (χ2n) is 5.08. The van der Waals surface area contributed by atoms with Gasteiger partial charge in [-0.25, -0.2) is 0 Å². The second-order valence-corrected chi connectivity index (χ2v) is 6.69. The first kappa shape index (κ1) is 15.0. The number of halogens is 1. The van der Waals surface area contributed by atoms with Crippen LogP contribution in [0.2, 0.25) is 0 Å². The summed E-state index contributed by atoms with van der Waals surface area (Å²) in [6.07, 6.45) is 2.91. The number of anilines is 1. The van der Waals surface area contributed by atoms with E-state index in [1.54, 1.807) is 12.1 Å². The molecule has 1 aromatic carbocycles. The van der Waals surface area contributed by atoms with Crippen LogP contribution in [0.1, 0.15) is 31.7 Å². The fourth-order valence-corrected chi connectivity index (χ4v) is 3.01. The SMILES string of the molecule is CCCCc1ccc(N2CC(S(=O)(=O)F)CC2=O)cc1. The lowest BCUT2D eigenvalue weighted by molar-refractivity contribution is -0.117. The predicted molar refractivity (Wildman–Crippen MR) is 75.8 cm³/mol. The Morgan fingerprint density at radius 1 is 1.30 bits per heavy atom. The highest BCUT2D eigenvalue weighted by Crippen LogP contribution is 2.26. The Labute approximate surface area is 118 Å². The molecule has 0 bridgehead atoms. The van der Waals surface area contributed by atoms with Crippen LogP contribution in [0.25, 0.3) is 0 Å². The van der Waals surface area contributed by atoms with Crippen molar-refractivity contribution in [2.24, 2.45) is 0 Å². The predicted octanol–water partition coefficient (Wildman–Crippen LogP) is 2.43. The zero-order valence-electron chi connectivity index (χ0n) is 11.4. The lowest BCUT2D eigenvalue weighted by atomic mass is 10.1. The zero-order valence-corrected chi connectivity index (χ0v) is 12.2. The summed E-state index contributed by atoms with van der Waals surface area (Å²) in [6.45, 7) is 2.01. The van der Waals surface area contributed by atoms with Gasteiger partial charge in [0.25, 0.3) is 0 Å². The summed E-state index contributed by atoms with van der Waals surface area (Å²) in [5, 5.41) is -1.24. The molecular weight excluding hydrogens is 281 g/mol. The quantitative estimate of drug-likeness (QED) is 0.785. The Morgan fingerprint density at radius 2 is 1.95 bits per heavy atom. The molecule has 1 aliphatic heterocycles. The van der Waals surface area contributed by atoms with Crippen LogP contribution in [-0.2, 0) is 21.4 Å². The number of hydrogen-bond acceptors (Lipinski definition) is 3. The minimum Gasteiger partial charge on any atom is -0.311 e. The molecule has 0 radical (unpaired) electrons. The number of amides is 1. The van der Waals surface area contributed by atoms with Gasteiger partial charge >= 0.3 is 10.2 Å². The number of benzene rings is 1. The summed E-state index contributed by atoms with van der Waals surface area (Å²) >= 11 is 0. The Kier molecular flexibility index (Phi) is 4.42. The minimum absolute atomic E-state index is 0.105. The monoisotopic (exact) mass is 299 g/mol. The molecule has 1 aromatic rings. The lowest BCUT2D eigenvalue weighted by Gasteiger charge is -2.16. The van der Waals surface area contributed by atoms with Crippen molar-refractivity contribution in [3.63, 3.8) is 0 Å². The van der Waals surface area contributed by atoms with Gasteiger partial charge in [-0.2, -0.15) is 8.42 Å². The summed E-state index contributed by atoms with van der Waals surface area (Å²) in [7, 11) is -4.66. The molecule has 1 unspecified atom stereocenters. The molecule has 1 heterocycles. The molecule has 4 nitrogen and oxygen atoms in total. The van der Waals surface area contributed by atoms with Gasteiger partial charge in [-0.05, 0) is 30.5 Å². The number of unbranched alkanes of at least 4 members (excludes halogenated alkanes) is 1. The molecule has 1 atom stereocenters. The molecule has 0 N–H and O–H groups in total. The van der Waals surface area contributed by atoms with E-state index in [4.69, 9.17) is 0 Å². The maximum atomic E-state index is 13.0. The molecule has 6 heteroatoms. The first-order valence-corrected chi connectivity index (χ1v) is 8.19. The Hall–Kier alpha value is -1.43. The largest absolute Gasteiger partial charge is 0.311 e. The number of nitrogens with zero attached hydrogens (tertiary/aromatic N) is 1. The molecule has 0 spiro atoms. The number of rotatable bonds is 5. The molecule has 0 saturated carbocycles. The standard InChI is InChI=1S/C14H18FNO3S/c1-2-3-4-11-5-7-12(8-6-11)16-10-13(9-14(16)17)20(15,18)19/h5-8,13H,2-4,9-10H2,1H3. The molecule has 1 fully saturated rings. The molecule has 1 amide bonds. The van der Waals surface area contributed by atoms with Crippen molar-refractivity contribution in [2.45, 2.75) is 37.9 Å². The first-order chi connectivity index (χ1) is 9.41. The fraction of sp³-hybridized carbons (Fsp3) is 0.500. The normalized spacial score (nSPS) is 19.6. The third-order valence-electron chi connectivity index (χ3n) is 3.55. The summed E-state index contributed by atoms with van der Waals surface area (Å²) in [5.74, 6) is -0.350. The van der Waals surface area contributed by atoms with E-state index in [0.29, 0.717) is 5.69 Å². The van der Waals surface area contributed by atoms with Crippen LogP contribution in [0.5, 0.6) is 0 Å². The molecule has 20 heavy (non-hydrogen) atoms. The molecule has 1 saturated heterocycles. The number of carbonyl (C=O) groups excluding carboxylic acids is 1. The van der Waals surface area contributed by atoms with Crippen molar-refractivity contribution in [3.8, 4) is 0 Å². The van der Waals surface area contributed by atoms with Crippen LogP contribution in [-0.4, -0.2) is 26.1 Å². The number of aryl methyl sites for hydroxylation is 1. The second kappa shape index (κ2) is 5.91. The van der Waals surface area contributed by atoms with Gasteiger partial charge in [-0.3, -0.25) is 4.79 Å². The van der Waals surface area contributed by atoms with E-state index >= 15 is 0 Å². The van der Waals surface area contributed by atoms with Crippen molar-refractivity contribution >= 4 is 21.8 Å². The van der Waals surface area contributed by atoms with Crippen molar-refractivity contribution in [1.82, 2.24) is 0 Å². The molecule has 2 rings (SSSR count). The third kappa shape index (κ3) is 3.36. The van der Waals surface area contributed by atoms with E-state index in [1.165, 1.54) is 10.5 Å². The molecule has 0 aliphatic carbocycles. The van der Waals surface area contributed by atoms with Crippen molar-refractivity contribution in [2.75, 3.05) is 11.4 Å². The summed E-state index contributed by atoms with van der Waals surface area (Å²) in [6, 6.07) is 7.43. The van der Waals surface area contributed by atoms with Gasteiger partial charge in [-0.1, -0.05) is 25.5 Å². The van der Waals surface area contributed by atoms with E-state index in [1.807, 2.05) is 12.1 Å². The van der Waals surface area contributed by atoms with Crippen LogP contribution in [0.4, 0.5) is 9.57 Å². The van der Waals surface area contributed by atoms with Crippen molar-refractivity contribution < 1.29 is 17.1 Å². The molecule has 110 valence electrons. The van der Waals surface area contributed by atoms with Gasteiger partial charge in [0.05, 0.1) is 0 Å². The van der Waals surface area contributed by atoms with Gasteiger partial charge in [0.15, 0.2) is 0 Å². The Balaban J connectivity index is 2.10. The fourth-order valence-electron chi connectivity index (χ4n) is 2.34. The number of carbonyl (C=O) groups is 1. The maximum Gasteiger partial charge on any atom is 0.307 e. The highest BCUT2D eigenvalue weighted by molar-refractivity contribution is 7.87. The van der Waals surface area contributed by atoms with E-state index < -0.39 is 15.5 Å². The van der Waals surface area contributed by atoms with Gasteiger partial charge < -0.3 is 4.90 Å². The van der Waals surface area contributed by atoms with Gasteiger partial charge in [-0.15, -0.1) is 3.89 Å². The highest BCUT2D eigenvalue weighted by atomic mass is 32.3. The van der Waals surface area contributed by atoms with Crippen LogP contribution in [0.3, 0.4) is 0 Å². The molecule has 0 aromatic heterocycles. The third-order valence-corrected chi connectivity index (χ3v) is 4.67. The first-order valence-electron chi connectivity index (χ1n) is 6.74. The lowest BCUT2D eigenvalue weighted by Crippen LogP contribution is -2.26. The van der Waals surface area contributed by atoms with Crippen LogP contribution in [0, 0.1) is 0 Å². The molecule has 1 aliphatic rings. The molecular formula is C14H18FNO3S. The average Bonchev–Trinajstić information content (AvgIpc) is 2.79. The van der Waals surface area contributed by atoms with E-state index in [2.05, 4.69) is 6.92 Å². The topological polar surface area (TPSA) is 54.5 Å². The van der Waals surface area contributed by atoms with Crippen molar-refractivity contribution in [1.29, 1.82) is 0 Å². The van der Waals surface area contributed by atoms with E-state index in [-0.39, 0.29) is 18.9 Å². The van der Waals surface area contributed by atoms with E-state index in [0.717, 1.165) is 19.3 Å². The summed E-state index contributed by atoms with van der Waals surface area (Å²) in [4.78, 5) is 13.1. The maximum absolute atomic E-state index is 13.0. The summed E-state index contributed by atoms with van der Waals surface area (Å²) in [5.41, 5.74) is 1.80.